The third-order valence-electron chi connectivity index (χ3n) is 3.60. The summed E-state index contributed by atoms with van der Waals surface area (Å²) in [6.07, 6.45) is 3.07. The van der Waals surface area contributed by atoms with Crippen molar-refractivity contribution in [1.29, 1.82) is 0 Å². The first kappa shape index (κ1) is 14.9. The minimum atomic E-state index is -0.128. The fourth-order valence-electron chi connectivity index (χ4n) is 2.48. The molecular formula is C19H16O4. The molecule has 0 saturated heterocycles. The molecule has 3 rings (SSSR count). The van der Waals surface area contributed by atoms with E-state index in [1.165, 1.54) is 13.2 Å². The number of carbonyl (C=O) groups is 1. The summed E-state index contributed by atoms with van der Waals surface area (Å²) >= 11 is 0. The van der Waals surface area contributed by atoms with Gasteiger partial charge < -0.3 is 13.9 Å². The molecule has 3 aromatic rings. The zero-order valence-electron chi connectivity index (χ0n) is 12.9. The van der Waals surface area contributed by atoms with Crippen LogP contribution in [0.1, 0.15) is 15.9 Å². The summed E-state index contributed by atoms with van der Waals surface area (Å²) in [7, 11) is 3.11. The molecule has 0 fully saturated rings. The Morgan fingerprint density at radius 2 is 1.83 bits per heavy atom. The zero-order chi connectivity index (χ0) is 16.2. The molecule has 1 heterocycles. The van der Waals surface area contributed by atoms with E-state index >= 15 is 0 Å². The Kier molecular flexibility index (Phi) is 4.15. The molecule has 0 bridgehead atoms. The quantitative estimate of drug-likeness (QED) is 0.400. The van der Waals surface area contributed by atoms with E-state index in [2.05, 4.69) is 0 Å². The fraction of sp³-hybridized carbons (Fsp3) is 0.105. The van der Waals surface area contributed by atoms with Gasteiger partial charge in [-0.05, 0) is 18.2 Å². The van der Waals surface area contributed by atoms with E-state index in [0.29, 0.717) is 22.6 Å². The average molecular weight is 308 g/mol. The minimum absolute atomic E-state index is 0.128. The van der Waals surface area contributed by atoms with E-state index in [4.69, 9.17) is 13.9 Å². The van der Waals surface area contributed by atoms with E-state index in [1.807, 2.05) is 36.4 Å². The van der Waals surface area contributed by atoms with Gasteiger partial charge in [0.2, 0.25) is 0 Å². The maximum Gasteiger partial charge on any atom is 0.189 e. The number of fused-ring (bicyclic) bond motifs is 1. The molecule has 1 aromatic heterocycles. The summed E-state index contributed by atoms with van der Waals surface area (Å²) in [6, 6.07) is 14.5. The summed E-state index contributed by atoms with van der Waals surface area (Å²) in [6.45, 7) is 0. The van der Waals surface area contributed by atoms with Crippen molar-refractivity contribution >= 4 is 22.5 Å². The highest BCUT2D eigenvalue weighted by atomic mass is 16.5. The normalized spacial score (nSPS) is 11.5. The van der Waals surface area contributed by atoms with Gasteiger partial charge in [0, 0.05) is 11.6 Å². The summed E-state index contributed by atoms with van der Waals surface area (Å²) in [5, 5.41) is 0.833. The summed E-state index contributed by atoms with van der Waals surface area (Å²) in [4.78, 5) is 12.4. The van der Waals surface area contributed by atoms with Crippen molar-refractivity contribution in [2.45, 2.75) is 0 Å². The number of hydrogen-bond donors (Lipinski definition) is 0. The van der Waals surface area contributed by atoms with Gasteiger partial charge in [0.15, 0.2) is 5.78 Å². The molecule has 0 amide bonds. The van der Waals surface area contributed by atoms with Gasteiger partial charge in [-0.25, -0.2) is 0 Å². The number of carbonyl (C=O) groups excluding carboxylic acids is 1. The fourth-order valence-corrected chi connectivity index (χ4v) is 2.48. The number of hydrogen-bond acceptors (Lipinski definition) is 4. The van der Waals surface area contributed by atoms with Crippen molar-refractivity contribution in [3.05, 3.63) is 72.0 Å². The monoisotopic (exact) mass is 308 g/mol. The second-order valence-electron chi connectivity index (χ2n) is 4.92. The van der Waals surface area contributed by atoms with Gasteiger partial charge in [-0.3, -0.25) is 4.79 Å². The molecule has 0 radical (unpaired) electrons. The van der Waals surface area contributed by atoms with E-state index in [9.17, 15) is 4.79 Å². The first-order chi connectivity index (χ1) is 11.2. The molecule has 0 saturated carbocycles. The number of methoxy groups -OCH3 is 2. The molecular weight excluding hydrogens is 292 g/mol. The summed E-state index contributed by atoms with van der Waals surface area (Å²) in [5.41, 5.74) is 2.02. The molecule has 23 heavy (non-hydrogen) atoms. The highest BCUT2D eigenvalue weighted by Gasteiger charge is 2.16. The van der Waals surface area contributed by atoms with Crippen molar-refractivity contribution in [2.75, 3.05) is 14.2 Å². The molecule has 0 aliphatic rings. The third-order valence-corrected chi connectivity index (χ3v) is 3.60. The predicted molar refractivity (Wildman–Crippen MR) is 88.5 cm³/mol. The van der Waals surface area contributed by atoms with Crippen LogP contribution in [0.25, 0.3) is 16.7 Å². The van der Waals surface area contributed by atoms with Crippen LogP contribution in [0.2, 0.25) is 0 Å². The number of ether oxygens (including phenoxy) is 2. The first-order valence-corrected chi connectivity index (χ1v) is 7.14. The zero-order valence-corrected chi connectivity index (χ0v) is 12.9. The number of rotatable bonds is 5. The lowest BCUT2D eigenvalue weighted by molar-refractivity contribution is 0.104. The van der Waals surface area contributed by atoms with Crippen molar-refractivity contribution in [2.24, 2.45) is 0 Å². The van der Waals surface area contributed by atoms with Crippen molar-refractivity contribution in [1.82, 2.24) is 0 Å². The number of furan rings is 1. The molecule has 2 aromatic carbocycles. The minimum Gasteiger partial charge on any atom is -0.496 e. The molecule has 0 unspecified atom stereocenters. The van der Waals surface area contributed by atoms with Gasteiger partial charge in [0.25, 0.3) is 0 Å². The van der Waals surface area contributed by atoms with Crippen molar-refractivity contribution in [3.63, 3.8) is 0 Å². The molecule has 4 nitrogen and oxygen atoms in total. The van der Waals surface area contributed by atoms with Gasteiger partial charge in [0.1, 0.15) is 17.1 Å². The van der Waals surface area contributed by atoms with Crippen LogP contribution in [0.3, 0.4) is 0 Å². The number of benzene rings is 2. The molecule has 0 N–H and O–H groups in total. The lowest BCUT2D eigenvalue weighted by Gasteiger charge is -2.12. The van der Waals surface area contributed by atoms with Gasteiger partial charge in [0.05, 0.1) is 31.4 Å². The smallest absolute Gasteiger partial charge is 0.189 e. The lowest BCUT2D eigenvalue weighted by Crippen LogP contribution is -1.99. The second kappa shape index (κ2) is 6.40. The maximum absolute atomic E-state index is 12.4. The van der Waals surface area contributed by atoms with Crippen molar-refractivity contribution < 1.29 is 18.7 Å². The van der Waals surface area contributed by atoms with Gasteiger partial charge in [-0.1, -0.05) is 30.3 Å². The van der Waals surface area contributed by atoms with Gasteiger partial charge in [-0.2, -0.15) is 0 Å². The maximum atomic E-state index is 12.4. The van der Waals surface area contributed by atoms with Crippen molar-refractivity contribution in [3.8, 4) is 5.75 Å². The molecule has 0 aliphatic carbocycles. The molecule has 0 aliphatic heterocycles. The Morgan fingerprint density at radius 1 is 1.04 bits per heavy atom. The van der Waals surface area contributed by atoms with Gasteiger partial charge in [-0.15, -0.1) is 0 Å². The largest absolute Gasteiger partial charge is 0.496 e. The predicted octanol–water partition coefficient (Wildman–Crippen LogP) is 4.31. The van der Waals surface area contributed by atoms with Crippen LogP contribution < -0.4 is 4.74 Å². The Morgan fingerprint density at radius 3 is 2.52 bits per heavy atom. The Labute approximate surface area is 133 Å². The van der Waals surface area contributed by atoms with Crippen LogP contribution in [0.15, 0.2) is 65.3 Å². The van der Waals surface area contributed by atoms with Crippen LogP contribution in [0, 0.1) is 0 Å². The first-order valence-electron chi connectivity index (χ1n) is 7.14. The van der Waals surface area contributed by atoms with Crippen LogP contribution in [-0.2, 0) is 4.74 Å². The molecule has 116 valence electrons. The van der Waals surface area contributed by atoms with E-state index in [0.717, 1.165) is 11.0 Å². The third kappa shape index (κ3) is 2.83. The van der Waals surface area contributed by atoms with Crippen LogP contribution in [0.4, 0.5) is 0 Å². The molecule has 0 spiro atoms. The average Bonchev–Trinajstić information content (AvgIpc) is 3.08. The molecule has 4 heteroatoms. The van der Waals surface area contributed by atoms with Crippen LogP contribution in [-0.4, -0.2) is 20.0 Å². The van der Waals surface area contributed by atoms with E-state index < -0.39 is 0 Å². The van der Waals surface area contributed by atoms with Crippen LogP contribution in [0.5, 0.6) is 5.75 Å². The number of ketones is 1. The van der Waals surface area contributed by atoms with E-state index in [-0.39, 0.29) is 5.78 Å². The van der Waals surface area contributed by atoms with Crippen LogP contribution >= 0.6 is 0 Å². The highest BCUT2D eigenvalue weighted by Crippen LogP contribution is 2.35. The Balaban J connectivity index is 2.07. The van der Waals surface area contributed by atoms with Gasteiger partial charge >= 0.3 is 0 Å². The van der Waals surface area contributed by atoms with E-state index in [1.54, 1.807) is 25.5 Å². The summed E-state index contributed by atoms with van der Waals surface area (Å²) in [5.74, 6) is 0.931. The highest BCUT2D eigenvalue weighted by molar-refractivity contribution is 6.08. The SMILES string of the molecule is CO/C(=C/C(=O)c1ccccc1)c1ccc2occc2c1OC. The second-order valence-corrected chi connectivity index (χ2v) is 4.92. The number of allylic oxidation sites excluding steroid dienone is 1. The lowest BCUT2D eigenvalue weighted by atomic mass is 10.1. The molecule has 0 atom stereocenters. The topological polar surface area (TPSA) is 48.7 Å². The Hall–Kier alpha value is -3.01. The standard InChI is InChI=1S/C19H16O4/c1-21-18(12-16(20)13-6-4-3-5-7-13)14-8-9-17-15(10-11-23-17)19(14)22-2/h3-12H,1-2H3/b18-12+. The summed E-state index contributed by atoms with van der Waals surface area (Å²) < 4.78 is 16.3. The Bertz CT molecular complexity index is 859.